The van der Waals surface area contributed by atoms with E-state index in [-0.39, 0.29) is 27.2 Å². The first-order valence-electron chi connectivity index (χ1n) is 10.8. The molecule has 0 aliphatic heterocycles. The second kappa shape index (κ2) is 9.66. The molecule has 0 unspecified atom stereocenters. The molecule has 4 aromatic heterocycles. The van der Waals surface area contributed by atoms with Gasteiger partial charge in [-0.15, -0.1) is 0 Å². The van der Waals surface area contributed by atoms with Crippen LogP contribution < -0.4 is 36.0 Å². The molecule has 0 amide bonds. The van der Waals surface area contributed by atoms with E-state index in [0.29, 0.717) is 12.4 Å². The average molecular weight is 599 g/mol. The number of rotatable bonds is 8. The Morgan fingerprint density at radius 2 is 2.09 bits per heavy atom. The number of para-hydroxylation sites is 2. The predicted molar refractivity (Wildman–Crippen MR) is 136 cm³/mol. The number of aromatic nitrogens is 6. The predicted octanol–water partition coefficient (Wildman–Crippen LogP) is 1.04. The van der Waals surface area contributed by atoms with Crippen molar-refractivity contribution in [3.63, 3.8) is 0 Å². The number of imidazole rings is 2. The molecule has 5 aromatic rings. The van der Waals surface area contributed by atoms with E-state index in [1.54, 1.807) is 16.2 Å². The zero-order valence-corrected chi connectivity index (χ0v) is 22.5. The molecule has 4 heterocycles. The molecule has 180 valence electrons. The number of nitrogens with zero attached hydrogens (tertiary/aromatic N) is 6. The van der Waals surface area contributed by atoms with Gasteiger partial charge in [-0.2, -0.15) is 0 Å². The summed E-state index contributed by atoms with van der Waals surface area (Å²) in [6.07, 6.45) is 5.84. The van der Waals surface area contributed by atoms with Crippen molar-refractivity contribution in [1.29, 1.82) is 0 Å². The van der Waals surface area contributed by atoms with Crippen LogP contribution >= 0.6 is 11.5 Å². The third kappa shape index (κ3) is 4.48. The van der Waals surface area contributed by atoms with Crippen LogP contribution in [0.1, 0.15) is 24.0 Å². The van der Waals surface area contributed by atoms with Crippen LogP contribution in [-0.4, -0.2) is 27.9 Å². The molecule has 0 aliphatic carbocycles. The molecule has 0 fully saturated rings. The van der Waals surface area contributed by atoms with Gasteiger partial charge in [-0.25, -0.2) is 4.79 Å². The summed E-state index contributed by atoms with van der Waals surface area (Å²) in [6.45, 7) is 8.18. The Hall–Kier alpha value is -3.45. The maximum absolute atomic E-state index is 12.8. The molecule has 9 nitrogen and oxygen atoms in total. The zero-order chi connectivity index (χ0) is 24.5. The quantitative estimate of drug-likeness (QED) is 0.157. The number of benzene rings is 1. The van der Waals surface area contributed by atoms with Crippen LogP contribution in [0.5, 0.6) is 0 Å². The number of hydrogen-bond acceptors (Lipinski definition) is 7. The van der Waals surface area contributed by atoms with Gasteiger partial charge >= 0.3 is 161 Å². The molecule has 0 radical (unpaired) electrons. The first kappa shape index (κ1) is 23.3. The van der Waals surface area contributed by atoms with Gasteiger partial charge in [-0.1, -0.05) is 12.1 Å². The molecular weight excluding hydrogens is 575 g/mol. The molecule has 0 saturated heterocycles. The van der Waals surface area contributed by atoms with Gasteiger partial charge in [0.15, 0.2) is 0 Å². The van der Waals surface area contributed by atoms with Crippen molar-refractivity contribution in [2.75, 3.05) is 5.32 Å². The van der Waals surface area contributed by atoms with Crippen molar-refractivity contribution < 1.29 is 21.5 Å². The van der Waals surface area contributed by atoms with Crippen LogP contribution in [0.2, 0.25) is 0 Å². The van der Waals surface area contributed by atoms with Crippen LogP contribution in [0, 0.1) is 6.92 Å². The fraction of sp³-hybridized carbons (Fsp3) is 0.167. The fourth-order valence-corrected chi connectivity index (χ4v) is 5.51. The summed E-state index contributed by atoms with van der Waals surface area (Å²) >= 11 is 1.09. The van der Waals surface area contributed by atoms with Crippen molar-refractivity contribution in [3.8, 4) is 0 Å². The zero-order valence-electron chi connectivity index (χ0n) is 19.5. The van der Waals surface area contributed by atoms with Crippen LogP contribution in [-0.2, 0) is 13.6 Å². The van der Waals surface area contributed by atoms with Gasteiger partial charge in [0.25, 0.3) is 0 Å². The molecule has 0 bridgehead atoms. The minimum absolute atomic E-state index is 0.0613. The Labute approximate surface area is 216 Å². The average Bonchev–Trinajstić information content (AvgIpc) is 3.53. The number of fused-ring (bicyclic) bond motifs is 2. The Morgan fingerprint density at radius 3 is 2.89 bits per heavy atom. The molecule has 1 aromatic carbocycles. The van der Waals surface area contributed by atoms with Gasteiger partial charge in [0.1, 0.15) is 0 Å². The standard InChI is InChI=1S/C24H24IN8OS/c1-5-25-27-11-15(2)20-12-26-23-22(28-16(3)13-32(20)23)29-21-10-17(30-35-21)14-33-19-9-7-6-8-18(19)31(4)24(33)34/h5-13,27H,1,14H2,2-4H3,(H,28,29)/q-1/b15-11+. The second-order valence-electron chi connectivity index (χ2n) is 7.99. The minimum atomic E-state index is -0.247. The summed E-state index contributed by atoms with van der Waals surface area (Å²) in [5.74, 6) is 0.660. The second-order valence-corrected chi connectivity index (χ2v) is 10.9. The summed E-state index contributed by atoms with van der Waals surface area (Å²) < 4.78 is 15.3. The summed E-state index contributed by atoms with van der Waals surface area (Å²) in [5.41, 5.74) is 6.21. The van der Waals surface area contributed by atoms with E-state index < -0.39 is 0 Å². The van der Waals surface area contributed by atoms with Crippen molar-refractivity contribution in [1.82, 2.24) is 31.4 Å². The Kier molecular flexibility index (Phi) is 6.43. The van der Waals surface area contributed by atoms with E-state index in [0.717, 1.165) is 44.3 Å². The molecule has 35 heavy (non-hydrogen) atoms. The van der Waals surface area contributed by atoms with Crippen LogP contribution in [0.15, 0.2) is 64.4 Å². The number of nitrogens with one attached hydrogen (secondary N) is 2. The van der Waals surface area contributed by atoms with Crippen molar-refractivity contribution in [3.05, 3.63) is 87.2 Å². The SMILES string of the molecule is C=C[I-]N/C=C(\C)c1cnc2c(Nc3cc(Cn4c(=O)n(C)c5ccccc54)ns3)nc(C)cn12. The normalized spacial score (nSPS) is 12.0. The van der Waals surface area contributed by atoms with Crippen molar-refractivity contribution >= 4 is 44.6 Å². The molecule has 0 saturated carbocycles. The van der Waals surface area contributed by atoms with E-state index in [4.69, 9.17) is 0 Å². The maximum atomic E-state index is 12.8. The van der Waals surface area contributed by atoms with E-state index >= 15 is 0 Å². The first-order chi connectivity index (χ1) is 17.0. The molecule has 11 heteroatoms. The summed E-state index contributed by atoms with van der Waals surface area (Å²) in [7, 11) is 1.79. The van der Waals surface area contributed by atoms with Gasteiger partial charge < -0.3 is 0 Å². The number of allylic oxidation sites excluding steroid dienone is 1. The van der Waals surface area contributed by atoms with Crippen molar-refractivity contribution in [2.24, 2.45) is 7.05 Å². The van der Waals surface area contributed by atoms with Crippen LogP contribution in [0.25, 0.3) is 22.3 Å². The van der Waals surface area contributed by atoms with E-state index in [1.807, 2.05) is 64.3 Å². The third-order valence-electron chi connectivity index (χ3n) is 5.60. The van der Waals surface area contributed by atoms with Gasteiger partial charge in [-0.05, 0) is 12.1 Å². The van der Waals surface area contributed by atoms with Gasteiger partial charge in [0.2, 0.25) is 0 Å². The third-order valence-corrected chi connectivity index (χ3v) is 7.45. The van der Waals surface area contributed by atoms with Crippen molar-refractivity contribution in [2.45, 2.75) is 20.4 Å². The van der Waals surface area contributed by atoms with E-state index in [1.165, 1.54) is 11.5 Å². The summed E-state index contributed by atoms with van der Waals surface area (Å²) in [5, 5.41) is 4.22. The number of anilines is 2. The molecule has 0 aliphatic rings. The topological polar surface area (TPSA) is 94.1 Å². The van der Waals surface area contributed by atoms with E-state index in [2.05, 4.69) is 36.7 Å². The Morgan fingerprint density at radius 1 is 1.29 bits per heavy atom. The number of halogens is 1. The Balaban J connectivity index is 1.43. The van der Waals surface area contributed by atoms with Gasteiger partial charge in [-0.3, -0.25) is 9.13 Å². The fourth-order valence-electron chi connectivity index (χ4n) is 3.96. The molecule has 0 spiro atoms. The number of hydrogen-bond donors (Lipinski definition) is 2. The summed E-state index contributed by atoms with van der Waals surface area (Å²) in [4.78, 5) is 22.1. The van der Waals surface area contributed by atoms with Gasteiger partial charge in [0.05, 0.1) is 11.0 Å². The van der Waals surface area contributed by atoms with Gasteiger partial charge in [0, 0.05) is 7.05 Å². The number of aryl methyl sites for hydroxylation is 2. The molecule has 2 N–H and O–H groups in total. The van der Waals surface area contributed by atoms with E-state index in [9.17, 15) is 4.79 Å². The van der Waals surface area contributed by atoms with Crippen LogP contribution in [0.4, 0.5) is 10.8 Å². The Bertz CT molecular complexity index is 1640. The molecular formula is C24H24IN8OS-. The monoisotopic (exact) mass is 599 g/mol. The first-order valence-corrected chi connectivity index (χ1v) is 13.9. The molecule has 5 rings (SSSR count). The molecule has 0 atom stereocenters. The van der Waals surface area contributed by atoms with Crippen LogP contribution in [0.3, 0.4) is 0 Å². The summed E-state index contributed by atoms with van der Waals surface area (Å²) in [6, 6.07) is 9.73.